The lowest BCUT2D eigenvalue weighted by atomic mass is 10.0. The zero-order valence-electron chi connectivity index (χ0n) is 16.0. The van der Waals surface area contributed by atoms with Crippen LogP contribution >= 0.6 is 0 Å². The third-order valence-corrected chi connectivity index (χ3v) is 4.83. The van der Waals surface area contributed by atoms with Crippen molar-refractivity contribution in [2.45, 2.75) is 6.92 Å². The van der Waals surface area contributed by atoms with Gasteiger partial charge in [-0.15, -0.1) is 0 Å². The number of imide groups is 1. The summed E-state index contributed by atoms with van der Waals surface area (Å²) in [6.45, 7) is 4.00. The normalized spacial score (nSPS) is 16.4. The predicted octanol–water partition coefficient (Wildman–Crippen LogP) is 0.843. The summed E-state index contributed by atoms with van der Waals surface area (Å²) in [4.78, 5) is 53.7. The van der Waals surface area contributed by atoms with Gasteiger partial charge >= 0.3 is 6.09 Å². The molecule has 3 rings (SSSR count). The molecule has 0 saturated carbocycles. The number of rotatable bonds is 5. The van der Waals surface area contributed by atoms with E-state index in [-0.39, 0.29) is 36.6 Å². The Hall–Kier alpha value is -2.94. The van der Waals surface area contributed by atoms with Crippen LogP contribution in [-0.4, -0.2) is 91.6 Å². The number of nitrogens with zero attached hydrogens (tertiary/aromatic N) is 3. The van der Waals surface area contributed by atoms with Crippen LogP contribution in [0.15, 0.2) is 18.2 Å². The van der Waals surface area contributed by atoms with Crippen molar-refractivity contribution in [3.05, 3.63) is 34.9 Å². The third kappa shape index (κ3) is 3.70. The molecular weight excluding hydrogens is 366 g/mol. The fourth-order valence-corrected chi connectivity index (χ4v) is 3.30. The summed E-state index contributed by atoms with van der Waals surface area (Å²) in [7, 11) is 1.50. The second-order valence-corrected chi connectivity index (χ2v) is 6.49. The molecule has 0 radical (unpaired) electrons. The summed E-state index contributed by atoms with van der Waals surface area (Å²) in [5.74, 6) is -1.03. The average molecular weight is 389 g/mol. The number of ether oxygens (including phenoxy) is 2. The Bertz CT molecular complexity index is 801. The summed E-state index contributed by atoms with van der Waals surface area (Å²) in [5, 5.41) is 0. The third-order valence-electron chi connectivity index (χ3n) is 4.83. The van der Waals surface area contributed by atoms with Gasteiger partial charge in [0.15, 0.2) is 0 Å². The topological polar surface area (TPSA) is 96.5 Å². The molecule has 2 heterocycles. The molecule has 0 atom stereocenters. The van der Waals surface area contributed by atoms with Gasteiger partial charge in [0.1, 0.15) is 0 Å². The van der Waals surface area contributed by atoms with Gasteiger partial charge in [-0.2, -0.15) is 0 Å². The molecule has 0 aliphatic carbocycles. The standard InChI is InChI=1S/C19H23N3O6/c1-3-28-19(26)21-8-6-20(7-9-21)16(23)13-4-5-14-15(12-13)18(25)22(17(14)24)10-11-27-2/h4-5,12H,3,6-11H2,1-2H3. The highest BCUT2D eigenvalue weighted by molar-refractivity contribution is 6.22. The molecule has 150 valence electrons. The molecule has 9 nitrogen and oxygen atoms in total. The first-order valence-corrected chi connectivity index (χ1v) is 9.18. The van der Waals surface area contributed by atoms with Crippen LogP contribution in [0.25, 0.3) is 0 Å². The molecule has 1 fully saturated rings. The van der Waals surface area contributed by atoms with E-state index >= 15 is 0 Å². The van der Waals surface area contributed by atoms with E-state index in [4.69, 9.17) is 9.47 Å². The minimum absolute atomic E-state index is 0.169. The van der Waals surface area contributed by atoms with Crippen LogP contribution in [0, 0.1) is 0 Å². The van der Waals surface area contributed by atoms with Gasteiger partial charge in [-0.1, -0.05) is 0 Å². The molecule has 1 saturated heterocycles. The summed E-state index contributed by atoms with van der Waals surface area (Å²) < 4.78 is 9.91. The molecule has 0 N–H and O–H groups in total. The maximum Gasteiger partial charge on any atom is 0.409 e. The van der Waals surface area contributed by atoms with Gasteiger partial charge in [-0.05, 0) is 25.1 Å². The highest BCUT2D eigenvalue weighted by atomic mass is 16.6. The minimum atomic E-state index is -0.418. The molecule has 4 amide bonds. The van der Waals surface area contributed by atoms with Crippen molar-refractivity contribution in [2.75, 3.05) is 53.0 Å². The Morgan fingerprint density at radius 2 is 1.64 bits per heavy atom. The van der Waals surface area contributed by atoms with Gasteiger partial charge in [0.2, 0.25) is 0 Å². The number of carbonyl (C=O) groups excluding carboxylic acids is 4. The van der Waals surface area contributed by atoms with Gasteiger partial charge in [-0.3, -0.25) is 19.3 Å². The Balaban J connectivity index is 1.69. The van der Waals surface area contributed by atoms with Gasteiger partial charge in [-0.25, -0.2) is 4.79 Å². The minimum Gasteiger partial charge on any atom is -0.450 e. The molecule has 0 spiro atoms. The van der Waals surface area contributed by atoms with E-state index in [1.54, 1.807) is 22.8 Å². The molecule has 2 aliphatic rings. The van der Waals surface area contributed by atoms with Crippen LogP contribution in [0.4, 0.5) is 4.79 Å². The van der Waals surface area contributed by atoms with Crippen LogP contribution in [0.1, 0.15) is 38.0 Å². The van der Waals surface area contributed by atoms with Crippen molar-refractivity contribution in [2.24, 2.45) is 0 Å². The smallest absolute Gasteiger partial charge is 0.409 e. The number of benzene rings is 1. The van der Waals surface area contributed by atoms with Gasteiger partial charge < -0.3 is 19.3 Å². The van der Waals surface area contributed by atoms with E-state index in [9.17, 15) is 19.2 Å². The first-order chi connectivity index (χ1) is 13.5. The Morgan fingerprint density at radius 1 is 1.00 bits per heavy atom. The zero-order chi connectivity index (χ0) is 20.3. The number of piperazine rings is 1. The van der Waals surface area contributed by atoms with Crippen LogP contribution in [0.5, 0.6) is 0 Å². The summed E-state index contributed by atoms with van der Waals surface area (Å²) in [6, 6.07) is 4.55. The van der Waals surface area contributed by atoms with Gasteiger partial charge in [0.25, 0.3) is 17.7 Å². The van der Waals surface area contributed by atoms with Crippen molar-refractivity contribution >= 4 is 23.8 Å². The van der Waals surface area contributed by atoms with Gasteiger partial charge in [0, 0.05) is 38.9 Å². The maximum atomic E-state index is 12.8. The summed E-state index contributed by atoms with van der Waals surface area (Å²) in [6.07, 6.45) is -0.382. The summed E-state index contributed by atoms with van der Waals surface area (Å²) >= 11 is 0. The SMILES string of the molecule is CCOC(=O)N1CCN(C(=O)c2ccc3c(c2)C(=O)N(CCOC)C3=O)CC1. The number of carbonyl (C=O) groups is 4. The molecule has 0 unspecified atom stereocenters. The lowest BCUT2D eigenvalue weighted by Crippen LogP contribution is -2.50. The second-order valence-electron chi connectivity index (χ2n) is 6.49. The van der Waals surface area contributed by atoms with Crippen molar-refractivity contribution in [3.63, 3.8) is 0 Å². The Labute approximate surface area is 162 Å². The van der Waals surface area contributed by atoms with Crippen LogP contribution in [-0.2, 0) is 9.47 Å². The zero-order valence-corrected chi connectivity index (χ0v) is 16.0. The van der Waals surface area contributed by atoms with E-state index in [1.165, 1.54) is 19.2 Å². The highest BCUT2D eigenvalue weighted by Gasteiger charge is 2.36. The molecule has 2 aliphatic heterocycles. The fraction of sp³-hybridized carbons (Fsp3) is 0.474. The molecule has 28 heavy (non-hydrogen) atoms. The number of amides is 4. The first kappa shape index (κ1) is 19.8. The van der Waals surface area contributed by atoms with E-state index < -0.39 is 5.91 Å². The van der Waals surface area contributed by atoms with Crippen molar-refractivity contribution in [3.8, 4) is 0 Å². The van der Waals surface area contributed by atoms with E-state index in [1.807, 2.05) is 0 Å². The Kier molecular flexibility index (Phi) is 5.93. The van der Waals surface area contributed by atoms with E-state index in [2.05, 4.69) is 0 Å². The Morgan fingerprint density at radius 3 is 2.29 bits per heavy atom. The number of hydrogen-bond acceptors (Lipinski definition) is 6. The number of methoxy groups -OCH3 is 1. The average Bonchev–Trinajstić information content (AvgIpc) is 2.95. The van der Waals surface area contributed by atoms with E-state index in [0.29, 0.717) is 43.9 Å². The van der Waals surface area contributed by atoms with Crippen molar-refractivity contribution in [1.82, 2.24) is 14.7 Å². The van der Waals surface area contributed by atoms with Crippen LogP contribution in [0.3, 0.4) is 0 Å². The van der Waals surface area contributed by atoms with Crippen LogP contribution < -0.4 is 0 Å². The number of fused-ring (bicyclic) bond motifs is 1. The lowest BCUT2D eigenvalue weighted by molar-refractivity contribution is 0.0570. The molecule has 1 aromatic rings. The second kappa shape index (κ2) is 8.39. The fourth-order valence-electron chi connectivity index (χ4n) is 3.30. The maximum absolute atomic E-state index is 12.8. The first-order valence-electron chi connectivity index (χ1n) is 9.18. The largest absolute Gasteiger partial charge is 0.450 e. The molecule has 0 bridgehead atoms. The molecular formula is C19H23N3O6. The van der Waals surface area contributed by atoms with Crippen LogP contribution in [0.2, 0.25) is 0 Å². The molecule has 9 heteroatoms. The lowest BCUT2D eigenvalue weighted by Gasteiger charge is -2.34. The molecule has 0 aromatic heterocycles. The predicted molar refractivity (Wildman–Crippen MR) is 98.2 cm³/mol. The van der Waals surface area contributed by atoms with Gasteiger partial charge in [0.05, 0.1) is 30.9 Å². The van der Waals surface area contributed by atoms with E-state index in [0.717, 1.165) is 4.90 Å². The quantitative estimate of drug-likeness (QED) is 0.693. The monoisotopic (exact) mass is 389 g/mol. The van der Waals surface area contributed by atoms with Crippen molar-refractivity contribution < 1.29 is 28.7 Å². The number of hydrogen-bond donors (Lipinski definition) is 0. The summed E-state index contributed by atoms with van der Waals surface area (Å²) in [5.41, 5.74) is 0.875. The molecule has 1 aromatic carbocycles. The highest BCUT2D eigenvalue weighted by Crippen LogP contribution is 2.24. The van der Waals surface area contributed by atoms with Crippen molar-refractivity contribution in [1.29, 1.82) is 0 Å².